The highest BCUT2D eigenvalue weighted by atomic mass is 16.6. The van der Waals surface area contributed by atoms with Crippen LogP contribution >= 0.6 is 0 Å². The van der Waals surface area contributed by atoms with Crippen LogP contribution in [0.4, 0.5) is 11.4 Å². The third kappa shape index (κ3) is 2.64. The molecule has 4 N–H and O–H groups in total. The van der Waals surface area contributed by atoms with Crippen molar-refractivity contribution in [3.8, 4) is 11.5 Å². The molecule has 108 valence electrons. The second-order valence-electron chi connectivity index (χ2n) is 4.34. The van der Waals surface area contributed by atoms with E-state index in [0.29, 0.717) is 36.1 Å². The van der Waals surface area contributed by atoms with Gasteiger partial charge in [0.25, 0.3) is 11.5 Å². The first-order valence-electron chi connectivity index (χ1n) is 6.20. The third-order valence-electron chi connectivity index (χ3n) is 2.87. The molecule has 1 amide bonds. The van der Waals surface area contributed by atoms with Gasteiger partial charge in [0, 0.05) is 18.2 Å². The lowest BCUT2D eigenvalue weighted by molar-refractivity contribution is 0.102. The van der Waals surface area contributed by atoms with Gasteiger partial charge in [-0.1, -0.05) is 0 Å². The first-order chi connectivity index (χ1) is 10.1. The number of nitrogens with zero attached hydrogens (tertiary/aromatic N) is 1. The Morgan fingerprint density at radius 2 is 1.95 bits per heavy atom. The van der Waals surface area contributed by atoms with E-state index in [1.54, 1.807) is 12.1 Å². The number of nitrogens with one attached hydrogen (secondary N) is 2. The average Bonchev–Trinajstić information content (AvgIpc) is 2.48. The molecule has 0 saturated carbocycles. The van der Waals surface area contributed by atoms with Gasteiger partial charge in [0.15, 0.2) is 11.5 Å². The lowest BCUT2D eigenvalue weighted by atomic mass is 10.2. The van der Waals surface area contributed by atoms with Gasteiger partial charge in [-0.25, -0.2) is 5.10 Å². The van der Waals surface area contributed by atoms with Gasteiger partial charge in [-0.15, -0.1) is 0 Å². The van der Waals surface area contributed by atoms with Gasteiger partial charge in [0.1, 0.15) is 18.9 Å². The van der Waals surface area contributed by atoms with Gasteiger partial charge >= 0.3 is 0 Å². The molecule has 8 heteroatoms. The Balaban J connectivity index is 1.85. The predicted octanol–water partition coefficient (Wildman–Crippen LogP) is 0.376. The lowest BCUT2D eigenvalue weighted by Gasteiger charge is -2.20. The van der Waals surface area contributed by atoms with Crippen molar-refractivity contribution < 1.29 is 14.3 Å². The zero-order valence-electron chi connectivity index (χ0n) is 10.9. The van der Waals surface area contributed by atoms with Crippen molar-refractivity contribution in [2.75, 3.05) is 24.3 Å². The van der Waals surface area contributed by atoms with Crippen molar-refractivity contribution in [3.63, 3.8) is 0 Å². The Bertz CT molecular complexity index is 736. The van der Waals surface area contributed by atoms with Crippen molar-refractivity contribution in [1.82, 2.24) is 10.2 Å². The van der Waals surface area contributed by atoms with E-state index in [0.717, 1.165) is 0 Å². The fourth-order valence-corrected chi connectivity index (χ4v) is 1.87. The molecule has 1 aromatic carbocycles. The maximum atomic E-state index is 12.0. The molecule has 2 heterocycles. The van der Waals surface area contributed by atoms with Crippen LogP contribution in [-0.4, -0.2) is 29.3 Å². The maximum absolute atomic E-state index is 12.0. The molecule has 0 atom stereocenters. The molecule has 1 aliphatic rings. The van der Waals surface area contributed by atoms with Crippen molar-refractivity contribution in [3.05, 3.63) is 40.3 Å². The van der Waals surface area contributed by atoms with Crippen LogP contribution in [0.1, 0.15) is 10.5 Å². The molecular weight excluding hydrogens is 276 g/mol. The summed E-state index contributed by atoms with van der Waals surface area (Å²) in [5.41, 5.74) is 6.29. The molecular formula is C13H12N4O4. The molecule has 3 rings (SSSR count). The number of nitrogens with two attached hydrogens (primary N) is 1. The number of carbonyl (C=O) groups is 1. The van der Waals surface area contributed by atoms with Crippen LogP contribution in [0.15, 0.2) is 29.1 Å². The van der Waals surface area contributed by atoms with Gasteiger partial charge in [0.05, 0.1) is 11.4 Å². The van der Waals surface area contributed by atoms with E-state index >= 15 is 0 Å². The maximum Gasteiger partial charge on any atom is 0.276 e. The topological polar surface area (TPSA) is 119 Å². The Morgan fingerprint density at radius 3 is 2.62 bits per heavy atom. The highest BCUT2D eigenvalue weighted by molar-refractivity contribution is 6.04. The average molecular weight is 288 g/mol. The van der Waals surface area contributed by atoms with Crippen molar-refractivity contribution >= 4 is 17.3 Å². The summed E-state index contributed by atoms with van der Waals surface area (Å²) in [6.45, 7) is 0.894. The number of aromatic amines is 1. The van der Waals surface area contributed by atoms with Gasteiger partial charge in [0.2, 0.25) is 0 Å². The van der Waals surface area contributed by atoms with Gasteiger partial charge in [-0.05, 0) is 6.07 Å². The summed E-state index contributed by atoms with van der Waals surface area (Å²) < 4.78 is 10.8. The number of carbonyl (C=O) groups excluding carboxylic acids is 1. The molecule has 1 aliphatic heterocycles. The second-order valence-corrected chi connectivity index (χ2v) is 4.34. The summed E-state index contributed by atoms with van der Waals surface area (Å²) >= 11 is 0. The van der Waals surface area contributed by atoms with E-state index in [9.17, 15) is 9.59 Å². The summed E-state index contributed by atoms with van der Waals surface area (Å²) in [5.74, 6) is 0.564. The highest BCUT2D eigenvalue weighted by Gasteiger charge is 2.17. The zero-order chi connectivity index (χ0) is 14.8. The van der Waals surface area contributed by atoms with E-state index in [1.165, 1.54) is 12.1 Å². The third-order valence-corrected chi connectivity index (χ3v) is 2.87. The number of ether oxygens (including phenoxy) is 2. The Kier molecular flexibility index (Phi) is 3.19. The molecule has 2 aromatic rings. The van der Waals surface area contributed by atoms with Crippen molar-refractivity contribution in [1.29, 1.82) is 0 Å². The Hall–Kier alpha value is -3.03. The van der Waals surface area contributed by atoms with Crippen LogP contribution in [0.25, 0.3) is 0 Å². The minimum absolute atomic E-state index is 0.0730. The molecule has 0 fully saturated rings. The fourth-order valence-electron chi connectivity index (χ4n) is 1.87. The molecule has 0 radical (unpaired) electrons. The number of rotatable bonds is 2. The summed E-state index contributed by atoms with van der Waals surface area (Å²) in [5, 5.41) is 8.45. The zero-order valence-corrected chi connectivity index (χ0v) is 10.9. The predicted molar refractivity (Wildman–Crippen MR) is 74.7 cm³/mol. The van der Waals surface area contributed by atoms with Crippen molar-refractivity contribution in [2.24, 2.45) is 0 Å². The van der Waals surface area contributed by atoms with Gasteiger partial charge in [-0.3, -0.25) is 9.59 Å². The van der Waals surface area contributed by atoms with Crippen LogP contribution in [0.3, 0.4) is 0 Å². The van der Waals surface area contributed by atoms with Crippen LogP contribution in [0.5, 0.6) is 11.5 Å². The summed E-state index contributed by atoms with van der Waals surface area (Å²) in [6, 6.07) is 5.72. The monoisotopic (exact) mass is 288 g/mol. The number of H-pyrrole nitrogens is 1. The first-order valence-corrected chi connectivity index (χ1v) is 6.20. The van der Waals surface area contributed by atoms with Crippen LogP contribution in [0, 0.1) is 0 Å². The fraction of sp³-hybridized carbons (Fsp3) is 0.154. The Morgan fingerprint density at radius 1 is 1.24 bits per heavy atom. The van der Waals surface area contributed by atoms with E-state index in [4.69, 9.17) is 15.2 Å². The van der Waals surface area contributed by atoms with E-state index in [2.05, 4.69) is 15.5 Å². The SMILES string of the molecule is Nc1cc2c(cc1NC(=O)c1ccc(=O)[nH]n1)OCCO2. The summed E-state index contributed by atoms with van der Waals surface area (Å²) in [6.07, 6.45) is 0. The number of anilines is 2. The number of nitrogen functional groups attached to an aromatic ring is 1. The standard InChI is InChI=1S/C13H12N4O4/c14-7-5-10-11(21-4-3-20-10)6-9(7)15-13(19)8-1-2-12(18)17-16-8/h1-2,5-6H,3-4,14H2,(H,15,19)(H,17,18). The van der Waals surface area contributed by atoms with Crippen LogP contribution in [0.2, 0.25) is 0 Å². The van der Waals surface area contributed by atoms with Crippen LogP contribution < -0.4 is 26.1 Å². The van der Waals surface area contributed by atoms with E-state index < -0.39 is 5.91 Å². The van der Waals surface area contributed by atoms with Gasteiger partial charge in [-0.2, -0.15) is 5.10 Å². The molecule has 0 spiro atoms. The molecule has 0 unspecified atom stereocenters. The number of benzene rings is 1. The molecule has 21 heavy (non-hydrogen) atoms. The normalized spacial score (nSPS) is 12.8. The summed E-state index contributed by atoms with van der Waals surface area (Å²) in [7, 11) is 0. The molecule has 0 saturated heterocycles. The number of fused-ring (bicyclic) bond motifs is 1. The lowest BCUT2D eigenvalue weighted by Crippen LogP contribution is -2.19. The van der Waals surface area contributed by atoms with Gasteiger partial charge < -0.3 is 20.5 Å². The number of aromatic nitrogens is 2. The smallest absolute Gasteiger partial charge is 0.276 e. The molecule has 0 bridgehead atoms. The minimum atomic E-state index is -0.491. The molecule has 0 aliphatic carbocycles. The van der Waals surface area contributed by atoms with Crippen LogP contribution in [-0.2, 0) is 0 Å². The minimum Gasteiger partial charge on any atom is -0.486 e. The first kappa shape index (κ1) is 13.0. The molecule has 8 nitrogen and oxygen atoms in total. The van der Waals surface area contributed by atoms with Crippen molar-refractivity contribution in [2.45, 2.75) is 0 Å². The van der Waals surface area contributed by atoms with E-state index in [-0.39, 0.29) is 11.3 Å². The van der Waals surface area contributed by atoms with E-state index in [1.807, 2.05) is 0 Å². The number of hydrogen-bond donors (Lipinski definition) is 3. The summed E-state index contributed by atoms with van der Waals surface area (Å²) in [4.78, 5) is 22.9. The number of hydrogen-bond acceptors (Lipinski definition) is 6. The number of amides is 1. The largest absolute Gasteiger partial charge is 0.486 e. The highest BCUT2D eigenvalue weighted by Crippen LogP contribution is 2.36. The Labute approximate surface area is 118 Å². The second kappa shape index (κ2) is 5.16. The quantitative estimate of drug-likeness (QED) is 0.687. The molecule has 1 aromatic heterocycles.